The van der Waals surface area contributed by atoms with Crippen LogP contribution in [0.2, 0.25) is 0 Å². The van der Waals surface area contributed by atoms with Gasteiger partial charge in [0.25, 0.3) is 0 Å². The van der Waals surface area contributed by atoms with Gasteiger partial charge in [0.2, 0.25) is 15.9 Å². The molecule has 1 aliphatic heterocycles. The maximum atomic E-state index is 13.0. The van der Waals surface area contributed by atoms with E-state index in [4.69, 9.17) is 0 Å². The number of nitriles is 1. The Bertz CT molecular complexity index is 1040. The van der Waals surface area contributed by atoms with Crippen LogP contribution in [0.15, 0.2) is 59.5 Å². The molecule has 1 saturated heterocycles. The Hall–Kier alpha value is -2.73. The molecule has 0 saturated carbocycles. The van der Waals surface area contributed by atoms with E-state index in [9.17, 15) is 18.5 Å². The SMILES string of the molecule is C[C@H](C(=O)NC[C@H](C)c1ccccc1)N1CCN(S(=O)(=O)c2ccccc2C#N)CC1. The summed E-state index contributed by atoms with van der Waals surface area (Å²) in [5.74, 6) is 0.147. The molecule has 0 spiro atoms. The number of rotatable bonds is 7. The number of nitrogens with one attached hydrogen (secondary N) is 1. The fourth-order valence-electron chi connectivity index (χ4n) is 3.72. The summed E-state index contributed by atoms with van der Waals surface area (Å²) in [6.45, 7) is 5.93. The first-order chi connectivity index (χ1) is 14.8. The van der Waals surface area contributed by atoms with Crippen LogP contribution in [0.4, 0.5) is 0 Å². The van der Waals surface area contributed by atoms with E-state index in [1.807, 2.05) is 48.2 Å². The summed E-state index contributed by atoms with van der Waals surface area (Å²) < 4.78 is 27.3. The van der Waals surface area contributed by atoms with Gasteiger partial charge in [-0.15, -0.1) is 0 Å². The number of nitrogens with zero attached hydrogens (tertiary/aromatic N) is 3. The van der Waals surface area contributed by atoms with Gasteiger partial charge in [-0.2, -0.15) is 9.57 Å². The lowest BCUT2D eigenvalue weighted by Crippen LogP contribution is -2.55. The minimum Gasteiger partial charge on any atom is -0.354 e. The van der Waals surface area contributed by atoms with E-state index < -0.39 is 10.0 Å². The van der Waals surface area contributed by atoms with Crippen LogP contribution >= 0.6 is 0 Å². The van der Waals surface area contributed by atoms with Crippen molar-refractivity contribution in [2.45, 2.75) is 30.7 Å². The number of carbonyl (C=O) groups excluding carboxylic acids is 1. The lowest BCUT2D eigenvalue weighted by molar-refractivity contribution is -0.126. The van der Waals surface area contributed by atoms with Crippen LogP contribution in [0.3, 0.4) is 0 Å². The molecule has 1 aliphatic rings. The van der Waals surface area contributed by atoms with Crippen LogP contribution in [0, 0.1) is 11.3 Å². The van der Waals surface area contributed by atoms with E-state index in [-0.39, 0.29) is 41.4 Å². The smallest absolute Gasteiger partial charge is 0.244 e. The van der Waals surface area contributed by atoms with Crippen molar-refractivity contribution >= 4 is 15.9 Å². The number of sulfonamides is 1. The number of hydrogen-bond donors (Lipinski definition) is 1. The van der Waals surface area contributed by atoms with Crippen LogP contribution in [-0.4, -0.2) is 62.3 Å². The molecule has 2 atom stereocenters. The summed E-state index contributed by atoms with van der Waals surface area (Å²) >= 11 is 0. The van der Waals surface area contributed by atoms with Crippen LogP contribution in [0.5, 0.6) is 0 Å². The van der Waals surface area contributed by atoms with Crippen molar-refractivity contribution in [3.63, 3.8) is 0 Å². The molecule has 1 heterocycles. The molecule has 164 valence electrons. The second-order valence-corrected chi connectivity index (χ2v) is 9.69. The molecule has 1 fully saturated rings. The lowest BCUT2D eigenvalue weighted by atomic mass is 10.0. The highest BCUT2D eigenvalue weighted by Crippen LogP contribution is 2.21. The van der Waals surface area contributed by atoms with Crippen molar-refractivity contribution in [3.8, 4) is 6.07 Å². The molecule has 31 heavy (non-hydrogen) atoms. The highest BCUT2D eigenvalue weighted by molar-refractivity contribution is 7.89. The topological polar surface area (TPSA) is 93.5 Å². The molecule has 8 heteroatoms. The predicted molar refractivity (Wildman–Crippen MR) is 119 cm³/mol. The van der Waals surface area contributed by atoms with Crippen LogP contribution in [0.25, 0.3) is 0 Å². The highest BCUT2D eigenvalue weighted by atomic mass is 32.2. The normalized spacial score (nSPS) is 17.5. The molecule has 0 aromatic heterocycles. The van der Waals surface area contributed by atoms with Gasteiger partial charge in [-0.3, -0.25) is 9.69 Å². The fraction of sp³-hybridized carbons (Fsp3) is 0.391. The summed E-state index contributed by atoms with van der Waals surface area (Å²) in [6, 6.07) is 17.9. The lowest BCUT2D eigenvalue weighted by Gasteiger charge is -2.36. The van der Waals surface area contributed by atoms with Gasteiger partial charge in [0, 0.05) is 32.7 Å². The Morgan fingerprint density at radius 3 is 2.29 bits per heavy atom. The van der Waals surface area contributed by atoms with Gasteiger partial charge >= 0.3 is 0 Å². The van der Waals surface area contributed by atoms with Gasteiger partial charge in [-0.25, -0.2) is 8.42 Å². The molecular weight excluding hydrogens is 412 g/mol. The van der Waals surface area contributed by atoms with Crippen LogP contribution in [-0.2, 0) is 14.8 Å². The third-order valence-corrected chi connectivity index (χ3v) is 7.73. The van der Waals surface area contributed by atoms with Crippen molar-refractivity contribution in [2.24, 2.45) is 0 Å². The Labute approximate surface area is 184 Å². The first-order valence-electron chi connectivity index (χ1n) is 10.4. The minimum atomic E-state index is -3.74. The maximum Gasteiger partial charge on any atom is 0.244 e. The largest absolute Gasteiger partial charge is 0.354 e. The molecule has 7 nitrogen and oxygen atoms in total. The third-order valence-electron chi connectivity index (χ3n) is 5.78. The molecule has 1 N–H and O–H groups in total. The first kappa shape index (κ1) is 22.9. The molecule has 3 rings (SSSR count). The number of hydrogen-bond acceptors (Lipinski definition) is 5. The maximum absolute atomic E-state index is 13.0. The Kier molecular flexibility index (Phi) is 7.44. The average Bonchev–Trinajstić information content (AvgIpc) is 2.82. The molecule has 2 aromatic rings. The highest BCUT2D eigenvalue weighted by Gasteiger charge is 2.32. The fourth-order valence-corrected chi connectivity index (χ4v) is 5.29. The predicted octanol–water partition coefficient (Wildman–Crippen LogP) is 2.17. The second kappa shape index (κ2) is 10.1. The molecule has 0 unspecified atom stereocenters. The minimum absolute atomic E-state index is 0.0339. The quantitative estimate of drug-likeness (QED) is 0.712. The average molecular weight is 441 g/mol. The molecule has 0 aliphatic carbocycles. The van der Waals surface area contributed by atoms with Gasteiger partial charge in [0.05, 0.1) is 16.5 Å². The Morgan fingerprint density at radius 2 is 1.65 bits per heavy atom. The van der Waals surface area contributed by atoms with Gasteiger partial charge < -0.3 is 5.32 Å². The first-order valence-corrected chi connectivity index (χ1v) is 11.8. The van der Waals surface area contributed by atoms with Crippen molar-refractivity contribution in [2.75, 3.05) is 32.7 Å². The standard InChI is InChI=1S/C23H28N4O3S/c1-18(20-8-4-3-5-9-20)17-25-23(28)19(2)26-12-14-27(15-13-26)31(29,30)22-11-7-6-10-21(22)16-24/h3-11,18-19H,12-15,17H2,1-2H3,(H,25,28)/t18-,19+/m0/s1. The summed E-state index contributed by atoms with van der Waals surface area (Å²) in [4.78, 5) is 14.7. The second-order valence-electron chi connectivity index (χ2n) is 7.78. The number of piperazine rings is 1. The van der Waals surface area contributed by atoms with Gasteiger partial charge in [-0.05, 0) is 30.5 Å². The van der Waals surface area contributed by atoms with Gasteiger partial charge in [-0.1, -0.05) is 49.4 Å². The zero-order chi connectivity index (χ0) is 22.4. The van der Waals surface area contributed by atoms with E-state index >= 15 is 0 Å². The van der Waals surface area contributed by atoms with Crippen LogP contribution in [0.1, 0.15) is 30.9 Å². The number of benzene rings is 2. The zero-order valence-corrected chi connectivity index (χ0v) is 18.7. The molecule has 0 bridgehead atoms. The van der Waals surface area contributed by atoms with Crippen molar-refractivity contribution < 1.29 is 13.2 Å². The Balaban J connectivity index is 1.55. The van der Waals surface area contributed by atoms with E-state index in [1.54, 1.807) is 12.1 Å². The number of amides is 1. The van der Waals surface area contributed by atoms with Crippen molar-refractivity contribution in [1.29, 1.82) is 5.26 Å². The summed E-state index contributed by atoms with van der Waals surface area (Å²) in [7, 11) is -3.74. The van der Waals surface area contributed by atoms with Gasteiger partial charge in [0.1, 0.15) is 6.07 Å². The van der Waals surface area contributed by atoms with Crippen molar-refractivity contribution in [3.05, 3.63) is 65.7 Å². The van der Waals surface area contributed by atoms with E-state index in [0.29, 0.717) is 19.6 Å². The van der Waals surface area contributed by atoms with Gasteiger partial charge in [0.15, 0.2) is 0 Å². The molecule has 2 aromatic carbocycles. The van der Waals surface area contributed by atoms with Crippen LogP contribution < -0.4 is 5.32 Å². The third kappa shape index (κ3) is 5.31. The Morgan fingerprint density at radius 1 is 1.03 bits per heavy atom. The van der Waals surface area contributed by atoms with E-state index in [0.717, 1.165) is 0 Å². The summed E-state index contributed by atoms with van der Waals surface area (Å²) in [5, 5.41) is 12.2. The van der Waals surface area contributed by atoms with E-state index in [2.05, 4.69) is 12.2 Å². The van der Waals surface area contributed by atoms with E-state index in [1.165, 1.54) is 22.0 Å². The zero-order valence-electron chi connectivity index (χ0n) is 17.9. The summed E-state index contributed by atoms with van der Waals surface area (Å²) in [6.07, 6.45) is 0. The molecular formula is C23H28N4O3S. The summed E-state index contributed by atoms with van der Waals surface area (Å²) in [5.41, 5.74) is 1.32. The van der Waals surface area contributed by atoms with Crippen molar-refractivity contribution in [1.82, 2.24) is 14.5 Å². The number of carbonyl (C=O) groups is 1. The molecule has 1 amide bonds. The monoisotopic (exact) mass is 440 g/mol. The molecule has 0 radical (unpaired) electrons.